The number of nitrogens with one attached hydrogen (secondary N) is 1. The van der Waals surface area contributed by atoms with E-state index in [1.807, 2.05) is 18.2 Å². The predicted octanol–water partition coefficient (Wildman–Crippen LogP) is 3.91. The first-order chi connectivity index (χ1) is 14.9. The number of benzene rings is 2. The Morgan fingerprint density at radius 2 is 1.74 bits per heavy atom. The van der Waals surface area contributed by atoms with Crippen molar-refractivity contribution in [2.45, 2.75) is 18.9 Å². The summed E-state index contributed by atoms with van der Waals surface area (Å²) in [6.45, 7) is 0.968. The van der Waals surface area contributed by atoms with Crippen LogP contribution in [0.25, 0.3) is 11.3 Å². The van der Waals surface area contributed by atoms with E-state index in [0.29, 0.717) is 47.8 Å². The van der Waals surface area contributed by atoms with Gasteiger partial charge in [-0.25, -0.2) is 4.39 Å². The molecule has 1 N–H and O–H groups in total. The maximum Gasteiger partial charge on any atom is 0.257 e. The second kappa shape index (κ2) is 8.89. The minimum absolute atomic E-state index is 0.0285. The SMILES string of the molecule is Cn1cc(C(=O)N2CCC(NC(=O)c3ccccc3F)CC2)c(-c2ccccc2Cl)n1. The van der Waals surface area contributed by atoms with Crippen molar-refractivity contribution in [2.24, 2.45) is 7.05 Å². The van der Waals surface area contributed by atoms with Crippen LogP contribution in [0, 0.1) is 5.82 Å². The van der Waals surface area contributed by atoms with Crippen LogP contribution in [0.5, 0.6) is 0 Å². The van der Waals surface area contributed by atoms with Crippen LogP contribution < -0.4 is 5.32 Å². The molecule has 2 amide bonds. The lowest BCUT2D eigenvalue weighted by molar-refractivity contribution is 0.0698. The number of aromatic nitrogens is 2. The molecule has 2 aromatic carbocycles. The number of carbonyl (C=O) groups excluding carboxylic acids is 2. The quantitative estimate of drug-likeness (QED) is 0.668. The summed E-state index contributed by atoms with van der Waals surface area (Å²) in [5.41, 5.74) is 1.78. The average Bonchev–Trinajstić information content (AvgIpc) is 3.15. The van der Waals surface area contributed by atoms with Crippen LogP contribution in [0.15, 0.2) is 54.7 Å². The van der Waals surface area contributed by atoms with Crippen LogP contribution in [-0.4, -0.2) is 45.6 Å². The minimum Gasteiger partial charge on any atom is -0.349 e. The highest BCUT2D eigenvalue weighted by Gasteiger charge is 2.28. The van der Waals surface area contributed by atoms with Gasteiger partial charge in [-0.1, -0.05) is 41.9 Å². The summed E-state index contributed by atoms with van der Waals surface area (Å²) in [5, 5.41) is 7.85. The number of nitrogens with zero attached hydrogens (tertiary/aromatic N) is 3. The highest BCUT2D eigenvalue weighted by Crippen LogP contribution is 2.30. The van der Waals surface area contributed by atoms with Gasteiger partial charge in [0, 0.05) is 37.9 Å². The Morgan fingerprint density at radius 1 is 1.06 bits per heavy atom. The average molecular weight is 441 g/mol. The Morgan fingerprint density at radius 3 is 2.45 bits per heavy atom. The topological polar surface area (TPSA) is 67.2 Å². The second-order valence-corrected chi connectivity index (χ2v) is 7.97. The molecule has 0 bridgehead atoms. The van der Waals surface area contributed by atoms with Gasteiger partial charge in [0.2, 0.25) is 0 Å². The van der Waals surface area contributed by atoms with Crippen molar-refractivity contribution in [3.63, 3.8) is 0 Å². The fraction of sp³-hybridized carbons (Fsp3) is 0.261. The van der Waals surface area contributed by atoms with Gasteiger partial charge in [0.05, 0.1) is 16.1 Å². The molecule has 2 heterocycles. The smallest absolute Gasteiger partial charge is 0.257 e. The number of hydrogen-bond donors (Lipinski definition) is 1. The summed E-state index contributed by atoms with van der Waals surface area (Å²) < 4.78 is 15.4. The van der Waals surface area contributed by atoms with Crippen LogP contribution in [0.3, 0.4) is 0 Å². The van der Waals surface area contributed by atoms with E-state index in [0.717, 1.165) is 0 Å². The first-order valence-corrected chi connectivity index (χ1v) is 10.4. The third kappa shape index (κ3) is 4.46. The molecule has 3 aromatic rings. The molecular formula is C23H22ClFN4O2. The Bertz CT molecular complexity index is 1120. The molecule has 1 saturated heterocycles. The molecule has 0 radical (unpaired) electrons. The summed E-state index contributed by atoms with van der Waals surface area (Å²) in [4.78, 5) is 27.3. The standard InChI is InChI=1S/C23H22ClFN4O2/c1-28-14-18(21(27-28)16-6-2-4-8-19(16)24)23(31)29-12-10-15(11-13-29)26-22(30)17-7-3-5-9-20(17)25/h2-9,14-15H,10-13H2,1H3,(H,26,30). The van der Waals surface area contributed by atoms with Gasteiger partial charge >= 0.3 is 0 Å². The molecule has 0 atom stereocenters. The molecule has 0 spiro atoms. The molecule has 31 heavy (non-hydrogen) atoms. The molecule has 6 nitrogen and oxygen atoms in total. The minimum atomic E-state index is -0.545. The van der Waals surface area contributed by atoms with Crippen molar-refractivity contribution < 1.29 is 14.0 Å². The molecule has 0 aliphatic carbocycles. The Labute approximate surface area is 184 Å². The molecule has 160 valence electrons. The van der Waals surface area contributed by atoms with Gasteiger partial charge in [0.25, 0.3) is 11.8 Å². The van der Waals surface area contributed by atoms with E-state index < -0.39 is 11.7 Å². The summed E-state index contributed by atoms with van der Waals surface area (Å²) in [6.07, 6.45) is 2.88. The number of aryl methyl sites for hydroxylation is 1. The summed E-state index contributed by atoms with van der Waals surface area (Å²) in [6, 6.07) is 13.1. The van der Waals surface area contributed by atoms with Crippen molar-refractivity contribution in [3.8, 4) is 11.3 Å². The van der Waals surface area contributed by atoms with Gasteiger partial charge in [0.1, 0.15) is 11.5 Å². The third-order valence-corrected chi connectivity index (χ3v) is 5.75. The molecule has 1 fully saturated rings. The highest BCUT2D eigenvalue weighted by atomic mass is 35.5. The third-order valence-electron chi connectivity index (χ3n) is 5.42. The van der Waals surface area contributed by atoms with Gasteiger partial charge in [-0.2, -0.15) is 5.10 Å². The highest BCUT2D eigenvalue weighted by molar-refractivity contribution is 6.33. The van der Waals surface area contributed by atoms with Crippen molar-refractivity contribution in [1.82, 2.24) is 20.0 Å². The predicted molar refractivity (Wildman–Crippen MR) is 116 cm³/mol. The van der Waals surface area contributed by atoms with E-state index in [1.165, 1.54) is 12.1 Å². The van der Waals surface area contributed by atoms with Crippen LogP contribution in [-0.2, 0) is 7.05 Å². The molecule has 1 aliphatic heterocycles. The van der Waals surface area contributed by atoms with Crippen LogP contribution in [0.4, 0.5) is 4.39 Å². The van der Waals surface area contributed by atoms with E-state index in [4.69, 9.17) is 11.6 Å². The molecule has 1 aliphatic rings. The van der Waals surface area contributed by atoms with E-state index in [-0.39, 0.29) is 17.5 Å². The van der Waals surface area contributed by atoms with Crippen molar-refractivity contribution >= 4 is 23.4 Å². The van der Waals surface area contributed by atoms with E-state index in [2.05, 4.69) is 10.4 Å². The first-order valence-electron chi connectivity index (χ1n) is 10.1. The Kier molecular flexibility index (Phi) is 6.04. The van der Waals surface area contributed by atoms with Gasteiger partial charge in [0.15, 0.2) is 0 Å². The fourth-order valence-corrected chi connectivity index (χ4v) is 4.03. The lowest BCUT2D eigenvalue weighted by Crippen LogP contribution is -2.46. The number of piperidine rings is 1. The maximum atomic E-state index is 13.8. The number of amides is 2. The van der Waals surface area contributed by atoms with E-state index in [1.54, 1.807) is 41.0 Å². The van der Waals surface area contributed by atoms with Crippen molar-refractivity contribution in [2.75, 3.05) is 13.1 Å². The van der Waals surface area contributed by atoms with Gasteiger partial charge < -0.3 is 10.2 Å². The van der Waals surface area contributed by atoms with Crippen LogP contribution in [0.1, 0.15) is 33.6 Å². The summed E-state index contributed by atoms with van der Waals surface area (Å²) >= 11 is 6.32. The first kappa shape index (κ1) is 21.1. The van der Waals surface area contributed by atoms with E-state index in [9.17, 15) is 14.0 Å². The molecule has 8 heteroatoms. The zero-order valence-electron chi connectivity index (χ0n) is 17.0. The zero-order valence-corrected chi connectivity index (χ0v) is 17.8. The molecule has 4 rings (SSSR count). The van der Waals surface area contributed by atoms with Crippen LogP contribution >= 0.6 is 11.6 Å². The molecule has 1 aromatic heterocycles. The van der Waals surface area contributed by atoms with Crippen LogP contribution in [0.2, 0.25) is 5.02 Å². The second-order valence-electron chi connectivity index (χ2n) is 7.56. The normalized spacial score (nSPS) is 14.5. The number of hydrogen-bond acceptors (Lipinski definition) is 3. The molecule has 0 unspecified atom stereocenters. The Balaban J connectivity index is 1.43. The zero-order chi connectivity index (χ0) is 22.0. The maximum absolute atomic E-state index is 13.8. The number of halogens is 2. The lowest BCUT2D eigenvalue weighted by Gasteiger charge is -2.32. The van der Waals surface area contributed by atoms with E-state index >= 15 is 0 Å². The van der Waals surface area contributed by atoms with Gasteiger partial charge in [-0.3, -0.25) is 14.3 Å². The molecule has 0 saturated carbocycles. The largest absolute Gasteiger partial charge is 0.349 e. The van der Waals surface area contributed by atoms with Crippen molar-refractivity contribution in [1.29, 1.82) is 0 Å². The van der Waals surface area contributed by atoms with Crippen molar-refractivity contribution in [3.05, 3.63) is 76.7 Å². The van der Waals surface area contributed by atoms with Gasteiger partial charge in [-0.05, 0) is 31.0 Å². The number of carbonyl (C=O) groups is 2. The lowest BCUT2D eigenvalue weighted by atomic mass is 10.0. The summed E-state index contributed by atoms with van der Waals surface area (Å²) in [5.74, 6) is -1.10. The number of likely N-dealkylation sites (tertiary alicyclic amines) is 1. The Hall–Kier alpha value is -3.19. The molecular weight excluding hydrogens is 419 g/mol. The summed E-state index contributed by atoms with van der Waals surface area (Å²) in [7, 11) is 1.77. The monoisotopic (exact) mass is 440 g/mol. The fourth-order valence-electron chi connectivity index (χ4n) is 3.80. The van der Waals surface area contributed by atoms with Gasteiger partial charge in [-0.15, -0.1) is 0 Å². The number of rotatable bonds is 4.